The van der Waals surface area contributed by atoms with Crippen LogP contribution in [0.25, 0.3) is 0 Å². The summed E-state index contributed by atoms with van der Waals surface area (Å²) in [4.78, 5) is 15.8. The standard InChI is InChI=1S/C5H7N3O/c1-3-2-7-5(9)8-4(3)6/h2H,1H3,(H3,6,7,8,9)/i1D3,2D. The van der Waals surface area contributed by atoms with Crippen molar-refractivity contribution in [2.75, 3.05) is 5.73 Å². The number of aromatic nitrogens is 2. The number of anilines is 1. The van der Waals surface area contributed by atoms with Crippen molar-refractivity contribution < 1.29 is 5.48 Å². The van der Waals surface area contributed by atoms with E-state index in [1.165, 1.54) is 0 Å². The van der Waals surface area contributed by atoms with Crippen molar-refractivity contribution in [3.63, 3.8) is 0 Å². The molecule has 0 spiro atoms. The Labute approximate surface area is 57.4 Å². The van der Waals surface area contributed by atoms with Gasteiger partial charge in [-0.1, -0.05) is 0 Å². The molecule has 0 saturated carbocycles. The summed E-state index contributed by atoms with van der Waals surface area (Å²) in [6, 6.07) is 0. The van der Waals surface area contributed by atoms with Crippen LogP contribution in [0.15, 0.2) is 11.0 Å². The molecule has 0 bridgehead atoms. The molecule has 0 aliphatic rings. The molecule has 0 unspecified atom stereocenters. The van der Waals surface area contributed by atoms with E-state index in [0.29, 0.717) is 0 Å². The summed E-state index contributed by atoms with van der Waals surface area (Å²) >= 11 is 0. The second-order valence-corrected chi connectivity index (χ2v) is 1.44. The summed E-state index contributed by atoms with van der Waals surface area (Å²) in [5.74, 6) is -0.329. The number of hydrogen-bond acceptors (Lipinski definition) is 3. The van der Waals surface area contributed by atoms with Gasteiger partial charge in [0, 0.05) is 15.8 Å². The van der Waals surface area contributed by atoms with E-state index in [0.717, 1.165) is 0 Å². The Bertz CT molecular complexity index is 356. The molecule has 0 atom stereocenters. The van der Waals surface area contributed by atoms with Gasteiger partial charge < -0.3 is 5.73 Å². The smallest absolute Gasteiger partial charge is 0.346 e. The van der Waals surface area contributed by atoms with Crippen molar-refractivity contribution in [2.24, 2.45) is 0 Å². The maximum atomic E-state index is 10.6. The fourth-order valence-corrected chi connectivity index (χ4v) is 0.373. The average Bonchev–Trinajstić information content (AvgIpc) is 1.78. The summed E-state index contributed by atoms with van der Waals surface area (Å²) in [6.45, 7) is -2.53. The first-order valence-electron chi connectivity index (χ1n) is 4.19. The Balaban J connectivity index is 3.47. The molecule has 0 aliphatic heterocycles. The number of nitrogens with one attached hydrogen (secondary N) is 1. The van der Waals surface area contributed by atoms with Crippen molar-refractivity contribution in [3.05, 3.63) is 22.2 Å². The number of H-pyrrole nitrogens is 1. The lowest BCUT2D eigenvalue weighted by Crippen LogP contribution is -2.12. The summed E-state index contributed by atoms with van der Waals surface area (Å²) in [7, 11) is 0. The van der Waals surface area contributed by atoms with Crippen LogP contribution in [-0.2, 0) is 0 Å². The van der Waals surface area contributed by atoms with E-state index in [4.69, 9.17) is 11.2 Å². The maximum Gasteiger partial charge on any atom is 0.346 e. The molecule has 4 heteroatoms. The highest BCUT2D eigenvalue weighted by molar-refractivity contribution is 5.34. The van der Waals surface area contributed by atoms with E-state index in [-0.39, 0.29) is 5.82 Å². The lowest BCUT2D eigenvalue weighted by Gasteiger charge is -1.93. The van der Waals surface area contributed by atoms with E-state index in [1.807, 2.05) is 4.98 Å². The minimum atomic E-state index is -2.53. The third kappa shape index (κ3) is 1.07. The summed E-state index contributed by atoms with van der Waals surface area (Å²) in [5.41, 5.74) is 3.99. The molecule has 4 nitrogen and oxygen atoms in total. The highest BCUT2D eigenvalue weighted by Gasteiger charge is 1.90. The fraction of sp³-hybridized carbons (Fsp3) is 0.200. The molecule has 0 aliphatic carbocycles. The quantitative estimate of drug-likeness (QED) is 0.503. The zero-order valence-electron chi connectivity index (χ0n) is 8.43. The van der Waals surface area contributed by atoms with Gasteiger partial charge in [0.05, 0.1) is 1.37 Å². The largest absolute Gasteiger partial charge is 0.385 e. The molecule has 0 amide bonds. The fourth-order valence-electron chi connectivity index (χ4n) is 0.373. The molecular formula is C5H7N3O. The summed E-state index contributed by atoms with van der Waals surface area (Å²) in [6.07, 6.45) is -0.610. The van der Waals surface area contributed by atoms with Crippen LogP contribution in [-0.4, -0.2) is 9.97 Å². The molecule has 1 rings (SSSR count). The Kier molecular flexibility index (Phi) is 0.527. The van der Waals surface area contributed by atoms with Crippen molar-refractivity contribution in [1.29, 1.82) is 0 Å². The molecule has 0 saturated heterocycles. The number of nitrogens with zero attached hydrogens (tertiary/aromatic N) is 1. The maximum absolute atomic E-state index is 10.6. The molecule has 9 heavy (non-hydrogen) atoms. The zero-order chi connectivity index (χ0) is 10.2. The van der Waals surface area contributed by atoms with Crippen molar-refractivity contribution in [2.45, 2.75) is 6.85 Å². The molecule has 1 heterocycles. The predicted octanol–water partition coefficient (Wildman–Crippen LogP) is -0.339. The highest BCUT2D eigenvalue weighted by atomic mass is 16.1. The second-order valence-electron chi connectivity index (χ2n) is 1.44. The van der Waals surface area contributed by atoms with Gasteiger partial charge in [-0.25, -0.2) is 9.78 Å². The van der Waals surface area contributed by atoms with Gasteiger partial charge in [0.1, 0.15) is 5.82 Å². The molecule has 48 valence electrons. The Morgan fingerprint density at radius 2 is 2.89 bits per heavy atom. The van der Waals surface area contributed by atoms with Crippen LogP contribution in [0.4, 0.5) is 5.82 Å². The summed E-state index contributed by atoms with van der Waals surface area (Å²) < 4.78 is 28.1. The van der Waals surface area contributed by atoms with Gasteiger partial charge in [0.2, 0.25) is 0 Å². The van der Waals surface area contributed by atoms with Crippen molar-refractivity contribution in [1.82, 2.24) is 9.97 Å². The molecule has 1 aromatic rings. The number of rotatable bonds is 0. The Hall–Kier alpha value is -1.32. The van der Waals surface area contributed by atoms with Gasteiger partial charge in [-0.15, -0.1) is 0 Å². The van der Waals surface area contributed by atoms with Gasteiger partial charge in [0.15, 0.2) is 0 Å². The van der Waals surface area contributed by atoms with Crippen LogP contribution in [0.3, 0.4) is 0 Å². The minimum absolute atomic E-state index is 0.329. The van der Waals surface area contributed by atoms with Gasteiger partial charge in [-0.05, 0) is 6.85 Å². The number of hydrogen-bond donors (Lipinski definition) is 2. The third-order valence-corrected chi connectivity index (χ3v) is 0.780. The third-order valence-electron chi connectivity index (χ3n) is 0.780. The molecule has 0 aromatic carbocycles. The normalized spacial score (nSPS) is 17.3. The SMILES string of the molecule is [2H]c1nc(=O)[nH]c(N)c1C([2H])([2H])[2H]. The average molecular weight is 129 g/mol. The zero-order valence-corrected chi connectivity index (χ0v) is 4.43. The van der Waals surface area contributed by atoms with Gasteiger partial charge in [0.25, 0.3) is 0 Å². The van der Waals surface area contributed by atoms with Crippen LogP contribution < -0.4 is 11.4 Å². The van der Waals surface area contributed by atoms with Crippen molar-refractivity contribution >= 4 is 5.82 Å². The topological polar surface area (TPSA) is 71.8 Å². The number of nitrogen functional groups attached to an aromatic ring is 1. The molecule has 0 radical (unpaired) electrons. The Morgan fingerprint density at radius 1 is 2.11 bits per heavy atom. The highest BCUT2D eigenvalue weighted by Crippen LogP contribution is 1.97. The van der Waals surface area contributed by atoms with Crippen LogP contribution in [0.1, 0.15) is 11.0 Å². The van der Waals surface area contributed by atoms with Gasteiger partial charge >= 0.3 is 5.69 Å². The predicted molar refractivity (Wildman–Crippen MR) is 34.0 cm³/mol. The molecule has 1 aromatic heterocycles. The Morgan fingerprint density at radius 3 is 3.44 bits per heavy atom. The van der Waals surface area contributed by atoms with Crippen LogP contribution in [0.2, 0.25) is 0 Å². The lowest BCUT2D eigenvalue weighted by molar-refractivity contribution is 1.06. The lowest BCUT2D eigenvalue weighted by atomic mass is 10.4. The minimum Gasteiger partial charge on any atom is -0.385 e. The monoisotopic (exact) mass is 129 g/mol. The first-order chi connectivity index (χ1) is 5.82. The molecular weight excluding hydrogens is 118 g/mol. The van der Waals surface area contributed by atoms with E-state index < -0.39 is 24.3 Å². The van der Waals surface area contributed by atoms with Crippen LogP contribution in [0, 0.1) is 6.85 Å². The molecule has 0 fully saturated rings. The van der Waals surface area contributed by atoms with Gasteiger partial charge in [-0.2, -0.15) is 0 Å². The summed E-state index contributed by atoms with van der Waals surface area (Å²) in [5, 5.41) is 0. The first kappa shape index (κ1) is 2.51. The van der Waals surface area contributed by atoms with E-state index in [1.54, 1.807) is 0 Å². The number of nitrogens with two attached hydrogens (primary N) is 1. The van der Waals surface area contributed by atoms with E-state index >= 15 is 0 Å². The van der Waals surface area contributed by atoms with Crippen LogP contribution in [0.5, 0.6) is 0 Å². The number of aromatic amines is 1. The van der Waals surface area contributed by atoms with E-state index in [9.17, 15) is 4.79 Å². The van der Waals surface area contributed by atoms with E-state index in [2.05, 4.69) is 4.98 Å². The van der Waals surface area contributed by atoms with Crippen LogP contribution >= 0.6 is 0 Å². The second kappa shape index (κ2) is 1.89. The van der Waals surface area contributed by atoms with Gasteiger partial charge in [-0.3, -0.25) is 4.98 Å². The molecule has 3 N–H and O–H groups in total. The first-order valence-corrected chi connectivity index (χ1v) is 2.19. The van der Waals surface area contributed by atoms with Crippen molar-refractivity contribution in [3.8, 4) is 0 Å².